The van der Waals surface area contributed by atoms with Crippen LogP contribution >= 0.6 is 0 Å². The lowest BCUT2D eigenvalue weighted by Crippen LogP contribution is -2.34. The van der Waals surface area contributed by atoms with Crippen LogP contribution in [0.15, 0.2) is 30.5 Å². The summed E-state index contributed by atoms with van der Waals surface area (Å²) in [5, 5.41) is 3.93. The molecule has 2 aromatic rings. The minimum atomic E-state index is -0.0390. The summed E-state index contributed by atoms with van der Waals surface area (Å²) < 4.78 is 7.47. The van der Waals surface area contributed by atoms with E-state index in [2.05, 4.69) is 5.32 Å². The van der Waals surface area contributed by atoms with Crippen molar-refractivity contribution >= 4 is 22.6 Å². The maximum atomic E-state index is 13.1. The molecule has 2 heterocycles. The molecule has 2 fully saturated rings. The first-order valence-corrected chi connectivity index (χ1v) is 10.2. The van der Waals surface area contributed by atoms with Gasteiger partial charge in [-0.2, -0.15) is 0 Å². The molecule has 1 aromatic heterocycles. The SMILES string of the molecule is O=C(Cn1cc(C(=O)C2CCCCC2)c2ccccc21)NC[C@H]1CCCO1. The summed E-state index contributed by atoms with van der Waals surface area (Å²) in [4.78, 5) is 25.5. The Hall–Kier alpha value is -2.14. The number of hydrogen-bond donors (Lipinski definition) is 1. The van der Waals surface area contributed by atoms with Gasteiger partial charge in [0.15, 0.2) is 5.78 Å². The normalized spacial score (nSPS) is 20.8. The quantitative estimate of drug-likeness (QED) is 0.791. The number of hydrogen-bond acceptors (Lipinski definition) is 3. The van der Waals surface area contributed by atoms with Gasteiger partial charge in [-0.1, -0.05) is 37.5 Å². The summed E-state index contributed by atoms with van der Waals surface area (Å²) in [6.07, 6.45) is 9.58. The van der Waals surface area contributed by atoms with Crippen LogP contribution in [0.1, 0.15) is 55.3 Å². The highest BCUT2D eigenvalue weighted by atomic mass is 16.5. The second-order valence-electron chi connectivity index (χ2n) is 7.83. The lowest BCUT2D eigenvalue weighted by atomic mass is 9.84. The Morgan fingerprint density at radius 2 is 1.89 bits per heavy atom. The molecule has 144 valence electrons. The Kier molecular flexibility index (Phi) is 5.58. The number of carbonyl (C=O) groups excluding carboxylic acids is 2. The summed E-state index contributed by atoms with van der Waals surface area (Å²) in [7, 11) is 0. The molecule has 0 spiro atoms. The summed E-state index contributed by atoms with van der Waals surface area (Å²) in [6.45, 7) is 1.58. The minimum Gasteiger partial charge on any atom is -0.376 e. The van der Waals surface area contributed by atoms with Gasteiger partial charge in [0.1, 0.15) is 6.54 Å². The van der Waals surface area contributed by atoms with Crippen molar-refractivity contribution in [2.75, 3.05) is 13.2 Å². The Bertz CT molecular complexity index is 814. The summed E-state index contributed by atoms with van der Waals surface area (Å²) in [6, 6.07) is 7.90. The molecule has 0 radical (unpaired) electrons. The predicted molar refractivity (Wildman–Crippen MR) is 105 cm³/mol. The van der Waals surface area contributed by atoms with Gasteiger partial charge >= 0.3 is 0 Å². The Labute approximate surface area is 160 Å². The molecule has 0 unspecified atom stereocenters. The number of fused-ring (bicyclic) bond motifs is 1. The third kappa shape index (κ3) is 4.08. The van der Waals surface area contributed by atoms with Crippen LogP contribution in [0.3, 0.4) is 0 Å². The third-order valence-electron chi connectivity index (χ3n) is 5.89. The van der Waals surface area contributed by atoms with Gasteiger partial charge in [0.05, 0.1) is 6.10 Å². The van der Waals surface area contributed by atoms with E-state index in [4.69, 9.17) is 4.74 Å². The maximum absolute atomic E-state index is 13.1. The molecule has 5 heteroatoms. The van der Waals surface area contributed by atoms with Crippen LogP contribution in [0.25, 0.3) is 10.9 Å². The highest BCUT2D eigenvalue weighted by Crippen LogP contribution is 2.30. The largest absolute Gasteiger partial charge is 0.376 e. The topological polar surface area (TPSA) is 60.3 Å². The number of rotatable bonds is 6. The van der Waals surface area contributed by atoms with Crippen LogP contribution in [0.5, 0.6) is 0 Å². The number of carbonyl (C=O) groups is 2. The summed E-state index contributed by atoms with van der Waals surface area (Å²) in [5.41, 5.74) is 1.72. The van der Waals surface area contributed by atoms with E-state index in [9.17, 15) is 9.59 Å². The second-order valence-corrected chi connectivity index (χ2v) is 7.83. The Morgan fingerprint density at radius 1 is 1.07 bits per heavy atom. The summed E-state index contributed by atoms with van der Waals surface area (Å²) in [5.74, 6) is 0.332. The van der Waals surface area contributed by atoms with Gasteiger partial charge in [-0.15, -0.1) is 0 Å². The zero-order valence-corrected chi connectivity index (χ0v) is 15.8. The smallest absolute Gasteiger partial charge is 0.240 e. The minimum absolute atomic E-state index is 0.0390. The van der Waals surface area contributed by atoms with Crippen molar-refractivity contribution in [1.29, 1.82) is 0 Å². The lowest BCUT2D eigenvalue weighted by molar-refractivity contribution is -0.122. The number of ketones is 1. The lowest BCUT2D eigenvalue weighted by Gasteiger charge is -2.19. The van der Waals surface area contributed by atoms with Gasteiger partial charge in [0.2, 0.25) is 5.91 Å². The highest BCUT2D eigenvalue weighted by Gasteiger charge is 2.25. The van der Waals surface area contributed by atoms with Crippen LogP contribution in [-0.4, -0.2) is 35.5 Å². The van der Waals surface area contributed by atoms with Crippen LogP contribution in [-0.2, 0) is 16.1 Å². The van der Waals surface area contributed by atoms with Crippen LogP contribution in [0.4, 0.5) is 0 Å². The average molecular weight is 368 g/mol. The second kappa shape index (κ2) is 8.26. The fourth-order valence-corrected chi connectivity index (χ4v) is 4.40. The molecular weight excluding hydrogens is 340 g/mol. The van der Waals surface area contributed by atoms with Gasteiger partial charge in [-0.3, -0.25) is 9.59 Å². The van der Waals surface area contributed by atoms with E-state index >= 15 is 0 Å². The number of ether oxygens (including phenoxy) is 1. The van der Waals surface area contributed by atoms with Gasteiger partial charge in [0.25, 0.3) is 0 Å². The van der Waals surface area contributed by atoms with E-state index in [-0.39, 0.29) is 30.3 Å². The van der Waals surface area contributed by atoms with Crippen molar-refractivity contribution in [3.63, 3.8) is 0 Å². The molecule has 1 aromatic carbocycles. The van der Waals surface area contributed by atoms with Gasteiger partial charge in [-0.05, 0) is 31.7 Å². The molecule has 0 bridgehead atoms. The molecule has 2 aliphatic rings. The number of amides is 1. The number of para-hydroxylation sites is 1. The van der Waals surface area contributed by atoms with E-state index in [0.29, 0.717) is 6.54 Å². The summed E-state index contributed by atoms with van der Waals surface area (Å²) >= 11 is 0. The number of nitrogens with one attached hydrogen (secondary N) is 1. The van der Waals surface area contributed by atoms with E-state index in [1.165, 1.54) is 6.42 Å². The zero-order valence-electron chi connectivity index (χ0n) is 15.8. The molecule has 1 N–H and O–H groups in total. The molecule has 1 aliphatic heterocycles. The molecule has 4 rings (SSSR count). The predicted octanol–water partition coefficient (Wildman–Crippen LogP) is 3.70. The van der Waals surface area contributed by atoms with Gasteiger partial charge in [-0.25, -0.2) is 0 Å². The fourth-order valence-electron chi connectivity index (χ4n) is 4.40. The Morgan fingerprint density at radius 3 is 2.67 bits per heavy atom. The molecule has 1 saturated heterocycles. The van der Waals surface area contributed by atoms with Crippen molar-refractivity contribution in [3.05, 3.63) is 36.0 Å². The number of benzene rings is 1. The van der Waals surface area contributed by atoms with Crippen LogP contribution in [0, 0.1) is 5.92 Å². The Balaban J connectivity index is 1.50. The van der Waals surface area contributed by atoms with Crippen molar-refractivity contribution in [2.24, 2.45) is 5.92 Å². The van der Waals surface area contributed by atoms with E-state index < -0.39 is 0 Å². The first-order chi connectivity index (χ1) is 13.2. The zero-order chi connectivity index (χ0) is 18.6. The van der Waals surface area contributed by atoms with Crippen LogP contribution < -0.4 is 5.32 Å². The van der Waals surface area contributed by atoms with Crippen LogP contribution in [0.2, 0.25) is 0 Å². The highest BCUT2D eigenvalue weighted by molar-refractivity contribution is 6.09. The molecular formula is C22H28N2O3. The third-order valence-corrected chi connectivity index (χ3v) is 5.89. The molecule has 27 heavy (non-hydrogen) atoms. The standard InChI is InChI=1S/C22H28N2O3/c25-21(23-13-17-9-6-12-27-17)15-24-14-19(18-10-4-5-11-20(18)24)22(26)16-7-2-1-3-8-16/h4-5,10-11,14,16-17H,1-3,6-9,12-13,15H2,(H,23,25)/t17-/m1/s1. The van der Waals surface area contributed by atoms with E-state index in [1.54, 1.807) is 0 Å². The fraction of sp³-hybridized carbons (Fsp3) is 0.545. The average Bonchev–Trinajstić information content (AvgIpc) is 3.35. The van der Waals surface area contributed by atoms with Crippen molar-refractivity contribution in [3.8, 4) is 0 Å². The maximum Gasteiger partial charge on any atom is 0.240 e. The number of aromatic nitrogens is 1. The van der Waals surface area contributed by atoms with Crippen molar-refractivity contribution < 1.29 is 14.3 Å². The molecule has 1 atom stereocenters. The molecule has 5 nitrogen and oxygen atoms in total. The first kappa shape index (κ1) is 18.2. The van der Waals surface area contributed by atoms with Crippen molar-refractivity contribution in [2.45, 2.75) is 57.6 Å². The molecule has 1 aliphatic carbocycles. The van der Waals surface area contributed by atoms with E-state index in [1.807, 2.05) is 35.0 Å². The molecule has 1 amide bonds. The van der Waals surface area contributed by atoms with E-state index in [0.717, 1.165) is 61.6 Å². The van der Waals surface area contributed by atoms with Crippen molar-refractivity contribution in [1.82, 2.24) is 9.88 Å². The van der Waals surface area contributed by atoms with Gasteiger partial charge < -0.3 is 14.6 Å². The monoisotopic (exact) mass is 368 g/mol. The van der Waals surface area contributed by atoms with Gasteiger partial charge in [0, 0.05) is 41.7 Å². The molecule has 1 saturated carbocycles. The number of nitrogens with zero attached hydrogens (tertiary/aromatic N) is 1. The first-order valence-electron chi connectivity index (χ1n) is 10.2. The number of Topliss-reactive ketones (excluding diaryl/α,β-unsaturated/α-hetero) is 1.